The van der Waals surface area contributed by atoms with E-state index >= 15 is 4.39 Å². The number of hydrogen-bond donors (Lipinski definition) is 0. The summed E-state index contributed by atoms with van der Waals surface area (Å²) in [5.41, 5.74) is 1.16. The fourth-order valence-corrected chi connectivity index (χ4v) is 4.59. The molecule has 1 spiro atoms. The zero-order valence-electron chi connectivity index (χ0n) is 18.8. The molecule has 1 aromatic carbocycles. The molecule has 0 bridgehead atoms. The number of hydrogen-bond acceptors (Lipinski definition) is 4. The van der Waals surface area contributed by atoms with Gasteiger partial charge in [0.2, 0.25) is 0 Å². The number of rotatable bonds is 1. The van der Waals surface area contributed by atoms with Gasteiger partial charge < -0.3 is 14.4 Å². The van der Waals surface area contributed by atoms with Crippen LogP contribution in [0.3, 0.4) is 0 Å². The Morgan fingerprint density at radius 1 is 1.27 bits per heavy atom. The molecule has 164 valence electrons. The number of piperidine rings is 1. The molecule has 0 N–H and O–H groups in total. The molecule has 0 unspecified atom stereocenters. The average Bonchev–Trinajstić information content (AvgIpc) is 3.02. The first-order valence-electron chi connectivity index (χ1n) is 11.0. The Balaban J connectivity index is 1.63. The Labute approximate surface area is 178 Å². The predicted molar refractivity (Wildman–Crippen MR) is 115 cm³/mol. The van der Waals surface area contributed by atoms with E-state index in [-0.39, 0.29) is 11.4 Å². The molecule has 1 amide bonds. The molecule has 3 heterocycles. The molecule has 1 atom stereocenters. The molecule has 0 radical (unpaired) electrons. The van der Waals surface area contributed by atoms with E-state index in [1.165, 1.54) is 0 Å². The molecule has 1 saturated heterocycles. The van der Waals surface area contributed by atoms with Crippen molar-refractivity contribution in [1.82, 2.24) is 9.80 Å². The van der Waals surface area contributed by atoms with Crippen LogP contribution in [0.2, 0.25) is 0 Å². The molecule has 6 heteroatoms. The highest BCUT2D eigenvalue weighted by Gasteiger charge is 2.43. The lowest BCUT2D eigenvalue weighted by atomic mass is 9.87. The molecule has 4 rings (SSSR count). The Morgan fingerprint density at radius 2 is 1.97 bits per heavy atom. The van der Waals surface area contributed by atoms with Crippen LogP contribution in [0.15, 0.2) is 18.2 Å². The average molecular weight is 417 g/mol. The van der Waals surface area contributed by atoms with Gasteiger partial charge >= 0.3 is 6.09 Å². The second-order valence-electron chi connectivity index (χ2n) is 10.2. The number of fused-ring (bicyclic) bond motifs is 1. The van der Waals surface area contributed by atoms with E-state index < -0.39 is 11.7 Å². The minimum atomic E-state index is -0.588. The maximum atomic E-state index is 15.1. The molecule has 30 heavy (non-hydrogen) atoms. The number of nitrogens with zero attached hydrogens (tertiary/aromatic N) is 2. The first-order chi connectivity index (χ1) is 14.1. The van der Waals surface area contributed by atoms with Gasteiger partial charge in [0.05, 0.1) is 5.70 Å². The fraction of sp³-hybridized carbons (Fsp3) is 0.625. The van der Waals surface area contributed by atoms with E-state index in [1.54, 1.807) is 11.0 Å². The minimum absolute atomic E-state index is 0.248. The van der Waals surface area contributed by atoms with Gasteiger partial charge in [0.15, 0.2) is 0 Å². The second-order valence-corrected chi connectivity index (χ2v) is 10.2. The van der Waals surface area contributed by atoms with E-state index in [2.05, 4.69) is 18.9 Å². The standard InChI is InChI=1S/C24H33FN2O3/c1-16-6-7-20(27(15-16)22(28)30-23(2,3)4)17-12-19(25)18-14-24(29-21(18)13-17)8-10-26(5)11-9-24/h7,12-13,16H,6,8-11,14-15H2,1-5H3/t16-/m0/s1. The number of carbonyl (C=O) groups excluding carboxylic acids is 1. The predicted octanol–water partition coefficient (Wildman–Crippen LogP) is 4.84. The van der Waals surface area contributed by atoms with Crippen molar-refractivity contribution in [2.24, 2.45) is 5.92 Å². The van der Waals surface area contributed by atoms with Gasteiger partial charge in [-0.15, -0.1) is 0 Å². The number of carbonyl (C=O) groups is 1. The van der Waals surface area contributed by atoms with Crippen LogP contribution in [0.5, 0.6) is 5.75 Å². The summed E-state index contributed by atoms with van der Waals surface area (Å²) in [5, 5.41) is 0. The van der Waals surface area contributed by atoms with Gasteiger partial charge in [-0.2, -0.15) is 0 Å². The summed E-state index contributed by atoms with van der Waals surface area (Å²) >= 11 is 0. The first-order valence-corrected chi connectivity index (χ1v) is 11.0. The first kappa shape index (κ1) is 21.2. The van der Waals surface area contributed by atoms with Crippen molar-refractivity contribution >= 4 is 11.8 Å². The van der Waals surface area contributed by atoms with Crippen LogP contribution in [-0.2, 0) is 11.2 Å². The summed E-state index contributed by atoms with van der Waals surface area (Å²) in [5.74, 6) is 0.694. The Morgan fingerprint density at radius 3 is 2.63 bits per heavy atom. The third kappa shape index (κ3) is 4.20. The zero-order valence-corrected chi connectivity index (χ0v) is 18.8. The fourth-order valence-electron chi connectivity index (χ4n) is 4.59. The van der Waals surface area contributed by atoms with Crippen molar-refractivity contribution in [2.45, 2.75) is 64.6 Å². The van der Waals surface area contributed by atoms with Gasteiger partial charge in [-0.1, -0.05) is 13.0 Å². The molecule has 0 aliphatic carbocycles. The number of benzene rings is 1. The van der Waals surface area contributed by atoms with Crippen molar-refractivity contribution in [2.75, 3.05) is 26.7 Å². The summed E-state index contributed by atoms with van der Waals surface area (Å²) in [6.45, 7) is 10.1. The highest BCUT2D eigenvalue weighted by Crippen LogP contribution is 2.44. The summed E-state index contributed by atoms with van der Waals surface area (Å²) in [6.07, 6.45) is 4.88. The number of halogens is 1. The van der Waals surface area contributed by atoms with E-state index in [9.17, 15) is 4.79 Å². The molecule has 3 aliphatic rings. The second kappa shape index (κ2) is 7.56. The topological polar surface area (TPSA) is 42.0 Å². The SMILES string of the molecule is C[C@H]1CC=C(c2cc(F)c3c(c2)OC2(CCN(C)CC2)C3)N(C(=O)OC(C)(C)C)C1. The van der Waals surface area contributed by atoms with Crippen LogP contribution in [-0.4, -0.2) is 53.8 Å². The smallest absolute Gasteiger partial charge is 0.414 e. The Hall–Kier alpha value is -2.08. The zero-order chi connectivity index (χ0) is 21.7. The monoisotopic (exact) mass is 416 g/mol. The molecular formula is C24H33FN2O3. The van der Waals surface area contributed by atoms with E-state index in [1.807, 2.05) is 32.9 Å². The van der Waals surface area contributed by atoms with E-state index in [0.717, 1.165) is 32.4 Å². The minimum Gasteiger partial charge on any atom is -0.486 e. The number of allylic oxidation sites excluding steroid dienone is 1. The molecule has 1 aromatic rings. The van der Waals surface area contributed by atoms with Crippen molar-refractivity contribution in [3.63, 3.8) is 0 Å². The Kier molecular flexibility index (Phi) is 5.33. The molecule has 0 aromatic heterocycles. The van der Waals surface area contributed by atoms with Crippen LogP contribution in [0, 0.1) is 11.7 Å². The molecule has 5 nitrogen and oxygen atoms in total. The molecule has 1 fully saturated rings. The number of ether oxygens (including phenoxy) is 2. The lowest BCUT2D eigenvalue weighted by Crippen LogP contribution is -2.45. The number of amides is 1. The van der Waals surface area contributed by atoms with Crippen LogP contribution < -0.4 is 4.74 Å². The van der Waals surface area contributed by atoms with Gasteiger partial charge in [-0.25, -0.2) is 9.18 Å². The van der Waals surface area contributed by atoms with Crippen molar-refractivity contribution in [3.8, 4) is 5.75 Å². The van der Waals surface area contributed by atoms with Crippen LogP contribution in [0.4, 0.5) is 9.18 Å². The maximum Gasteiger partial charge on any atom is 0.414 e. The third-order valence-electron chi connectivity index (χ3n) is 6.29. The third-order valence-corrected chi connectivity index (χ3v) is 6.29. The summed E-state index contributed by atoms with van der Waals surface area (Å²) in [4.78, 5) is 16.8. The van der Waals surface area contributed by atoms with Gasteiger partial charge in [-0.05, 0) is 52.3 Å². The van der Waals surface area contributed by atoms with Crippen molar-refractivity contribution in [1.29, 1.82) is 0 Å². The normalized spacial score (nSPS) is 23.7. The van der Waals surface area contributed by atoms with Crippen molar-refractivity contribution in [3.05, 3.63) is 35.2 Å². The number of likely N-dealkylation sites (tertiary alicyclic amines) is 1. The molecule has 0 saturated carbocycles. The van der Waals surface area contributed by atoms with Crippen LogP contribution >= 0.6 is 0 Å². The van der Waals surface area contributed by atoms with Gasteiger partial charge in [0, 0.05) is 50.0 Å². The van der Waals surface area contributed by atoms with Gasteiger partial charge in [-0.3, -0.25) is 4.90 Å². The maximum absolute atomic E-state index is 15.1. The van der Waals surface area contributed by atoms with Gasteiger partial charge in [0.25, 0.3) is 0 Å². The van der Waals surface area contributed by atoms with E-state index in [4.69, 9.17) is 9.47 Å². The molecular weight excluding hydrogens is 383 g/mol. The lowest BCUT2D eigenvalue weighted by Gasteiger charge is -2.37. The highest BCUT2D eigenvalue weighted by molar-refractivity contribution is 5.83. The quantitative estimate of drug-likeness (QED) is 0.657. The van der Waals surface area contributed by atoms with Crippen LogP contribution in [0.25, 0.3) is 5.70 Å². The summed E-state index contributed by atoms with van der Waals surface area (Å²) in [7, 11) is 2.11. The van der Waals surface area contributed by atoms with E-state index in [0.29, 0.717) is 41.5 Å². The lowest BCUT2D eigenvalue weighted by molar-refractivity contribution is 0.0268. The largest absolute Gasteiger partial charge is 0.486 e. The van der Waals surface area contributed by atoms with Gasteiger partial charge in [0.1, 0.15) is 22.8 Å². The summed E-state index contributed by atoms with van der Waals surface area (Å²) in [6, 6.07) is 3.46. The Bertz CT molecular complexity index is 866. The molecule has 3 aliphatic heterocycles. The highest BCUT2D eigenvalue weighted by atomic mass is 19.1. The van der Waals surface area contributed by atoms with Crippen LogP contribution in [0.1, 0.15) is 58.1 Å². The van der Waals surface area contributed by atoms with Crippen molar-refractivity contribution < 1.29 is 18.7 Å². The summed E-state index contributed by atoms with van der Waals surface area (Å²) < 4.78 is 27.1.